The van der Waals surface area contributed by atoms with Gasteiger partial charge in [-0.15, -0.1) is 0 Å². The first-order chi connectivity index (χ1) is 16.6. The average molecular weight is 475 g/mol. The minimum Gasteiger partial charge on any atom is -0.423 e. The Morgan fingerprint density at radius 3 is 2.56 bits per heavy atom. The summed E-state index contributed by atoms with van der Waals surface area (Å²) in [4.78, 5) is 25.9. The summed E-state index contributed by atoms with van der Waals surface area (Å²) < 4.78 is 5.77. The van der Waals surface area contributed by atoms with E-state index in [2.05, 4.69) is 37.6 Å². The van der Waals surface area contributed by atoms with E-state index < -0.39 is 0 Å². The largest absolute Gasteiger partial charge is 0.423 e. The number of oxazole rings is 1. The van der Waals surface area contributed by atoms with Gasteiger partial charge in [-0.25, -0.2) is 9.79 Å². The lowest BCUT2D eigenvalue weighted by molar-refractivity contribution is 0.176. The number of para-hydroxylation sites is 2. The van der Waals surface area contributed by atoms with Crippen LogP contribution in [0.3, 0.4) is 0 Å². The summed E-state index contributed by atoms with van der Waals surface area (Å²) in [6.07, 6.45) is 0.858. The molecule has 8 nitrogen and oxygen atoms in total. The molecule has 4 aromatic rings. The lowest BCUT2D eigenvalue weighted by Crippen LogP contribution is -2.53. The molecule has 1 aromatic heterocycles. The molecule has 0 radical (unpaired) electrons. The number of urea groups is 1. The maximum atomic E-state index is 13.2. The van der Waals surface area contributed by atoms with E-state index >= 15 is 0 Å². The van der Waals surface area contributed by atoms with Gasteiger partial charge in [0.15, 0.2) is 5.58 Å². The number of anilines is 2. The highest BCUT2D eigenvalue weighted by Crippen LogP contribution is 2.20. The number of amides is 2. The van der Waals surface area contributed by atoms with Crippen LogP contribution in [-0.2, 0) is 6.42 Å². The van der Waals surface area contributed by atoms with Crippen molar-refractivity contribution in [3.8, 4) is 0 Å². The van der Waals surface area contributed by atoms with E-state index in [9.17, 15) is 4.79 Å². The number of carbonyl (C=O) groups is 1. The van der Waals surface area contributed by atoms with Gasteiger partial charge in [-0.1, -0.05) is 54.1 Å². The summed E-state index contributed by atoms with van der Waals surface area (Å²) in [6.45, 7) is 1.56. The van der Waals surface area contributed by atoms with Gasteiger partial charge in [0, 0.05) is 17.3 Å². The first kappa shape index (κ1) is 21.9. The molecule has 2 heterocycles. The maximum Gasteiger partial charge on any atom is 0.329 e. The van der Waals surface area contributed by atoms with Gasteiger partial charge >= 0.3 is 12.0 Å². The number of carbonyl (C=O) groups excluding carboxylic acids is 1. The van der Waals surface area contributed by atoms with Crippen molar-refractivity contribution < 1.29 is 9.21 Å². The molecule has 0 aliphatic carbocycles. The number of nitrogens with one attached hydrogen (secondary N) is 2. The summed E-state index contributed by atoms with van der Waals surface area (Å²) in [5.74, 6) is 0.369. The van der Waals surface area contributed by atoms with Crippen molar-refractivity contribution in [3.63, 3.8) is 0 Å². The molecule has 0 saturated heterocycles. The quantitative estimate of drug-likeness (QED) is 0.412. The van der Waals surface area contributed by atoms with E-state index in [0.29, 0.717) is 35.6 Å². The van der Waals surface area contributed by atoms with Crippen molar-refractivity contribution in [1.29, 1.82) is 0 Å². The zero-order chi connectivity index (χ0) is 23.3. The first-order valence-corrected chi connectivity index (χ1v) is 11.3. The monoisotopic (exact) mass is 474 g/mol. The molecule has 3 aromatic carbocycles. The van der Waals surface area contributed by atoms with Gasteiger partial charge in [0.1, 0.15) is 5.52 Å². The van der Waals surface area contributed by atoms with Gasteiger partial charge in [0.05, 0.1) is 13.3 Å². The van der Waals surface area contributed by atoms with Gasteiger partial charge < -0.3 is 9.73 Å². The van der Waals surface area contributed by atoms with Crippen LogP contribution in [-0.4, -0.2) is 46.7 Å². The van der Waals surface area contributed by atoms with E-state index in [4.69, 9.17) is 16.0 Å². The number of aromatic nitrogens is 1. The van der Waals surface area contributed by atoms with E-state index in [1.165, 1.54) is 10.5 Å². The molecule has 172 valence electrons. The molecule has 2 N–H and O–H groups in total. The lowest BCUT2D eigenvalue weighted by Gasteiger charge is -2.34. The molecule has 1 aliphatic heterocycles. The molecular formula is C25H23ClN6O2. The Bertz CT molecular complexity index is 1270. The molecule has 1 aliphatic rings. The number of rotatable bonds is 5. The molecule has 2 amide bonds. The molecule has 0 unspecified atom stereocenters. The predicted molar refractivity (Wildman–Crippen MR) is 134 cm³/mol. The van der Waals surface area contributed by atoms with Crippen molar-refractivity contribution in [2.45, 2.75) is 6.42 Å². The van der Waals surface area contributed by atoms with Gasteiger partial charge in [0.25, 0.3) is 0 Å². The molecule has 0 bridgehead atoms. The topological polar surface area (TPSA) is 86.0 Å². The Kier molecular flexibility index (Phi) is 6.42. The molecular weight excluding hydrogens is 452 g/mol. The Morgan fingerprint density at radius 1 is 1.00 bits per heavy atom. The number of halogens is 1. The number of hydrogen-bond acceptors (Lipinski definition) is 6. The zero-order valence-electron chi connectivity index (χ0n) is 18.3. The van der Waals surface area contributed by atoms with Crippen LogP contribution in [0.1, 0.15) is 5.56 Å². The normalized spacial score (nSPS) is 14.1. The minimum atomic E-state index is -0.325. The first-order valence-electron chi connectivity index (χ1n) is 10.9. The van der Waals surface area contributed by atoms with Gasteiger partial charge in [-0.3, -0.25) is 15.1 Å². The number of hydrogen-bond donors (Lipinski definition) is 2. The average Bonchev–Trinajstić information content (AvgIpc) is 3.28. The van der Waals surface area contributed by atoms with Crippen LogP contribution in [0.5, 0.6) is 0 Å². The number of benzene rings is 3. The Hall–Kier alpha value is -3.88. The summed E-state index contributed by atoms with van der Waals surface area (Å²) in [5, 5.41) is 6.59. The van der Waals surface area contributed by atoms with Crippen molar-refractivity contribution in [2.75, 3.05) is 30.5 Å². The maximum absolute atomic E-state index is 13.2. The summed E-state index contributed by atoms with van der Waals surface area (Å²) in [5.41, 5.74) is 3.25. The predicted octanol–water partition coefficient (Wildman–Crippen LogP) is 5.26. The van der Waals surface area contributed by atoms with Crippen LogP contribution in [0.15, 0.2) is 88.3 Å². The summed E-state index contributed by atoms with van der Waals surface area (Å²) >= 11 is 5.97. The fourth-order valence-corrected chi connectivity index (χ4v) is 3.78. The van der Waals surface area contributed by atoms with Crippen molar-refractivity contribution in [3.05, 3.63) is 89.4 Å². The Balaban J connectivity index is 1.34. The van der Waals surface area contributed by atoms with Crippen LogP contribution in [0.4, 0.5) is 16.5 Å². The van der Waals surface area contributed by atoms with E-state index in [1.807, 2.05) is 42.5 Å². The second kappa shape index (κ2) is 9.94. The molecule has 0 fully saturated rings. The molecule has 0 saturated carbocycles. The highest BCUT2D eigenvalue weighted by molar-refractivity contribution is 6.30. The number of nitrogens with zero attached hydrogens (tertiary/aromatic N) is 4. The Labute approximate surface area is 201 Å². The van der Waals surface area contributed by atoms with Crippen molar-refractivity contribution >= 4 is 46.4 Å². The smallest absolute Gasteiger partial charge is 0.329 e. The van der Waals surface area contributed by atoms with Gasteiger partial charge in [-0.2, -0.15) is 4.98 Å². The fourth-order valence-electron chi connectivity index (χ4n) is 3.65. The van der Waals surface area contributed by atoms with E-state index in [-0.39, 0.29) is 12.0 Å². The van der Waals surface area contributed by atoms with Crippen LogP contribution in [0.2, 0.25) is 5.02 Å². The van der Waals surface area contributed by atoms with Crippen molar-refractivity contribution in [2.24, 2.45) is 4.99 Å². The summed E-state index contributed by atoms with van der Waals surface area (Å²) in [7, 11) is 0. The minimum absolute atomic E-state index is 0.280. The molecule has 34 heavy (non-hydrogen) atoms. The molecule has 5 rings (SSSR count). The third kappa shape index (κ3) is 5.19. The molecule has 0 atom stereocenters. The van der Waals surface area contributed by atoms with Crippen LogP contribution < -0.4 is 10.6 Å². The second-order valence-corrected chi connectivity index (χ2v) is 8.31. The van der Waals surface area contributed by atoms with E-state index in [0.717, 1.165) is 18.5 Å². The van der Waals surface area contributed by atoms with Crippen LogP contribution in [0.25, 0.3) is 11.1 Å². The van der Waals surface area contributed by atoms with Gasteiger partial charge in [-0.05, 0) is 48.4 Å². The summed E-state index contributed by atoms with van der Waals surface area (Å²) in [6, 6.07) is 24.6. The number of aliphatic imine (C=N–C) groups is 1. The van der Waals surface area contributed by atoms with Crippen LogP contribution >= 0.6 is 11.6 Å². The zero-order valence-corrected chi connectivity index (χ0v) is 19.1. The third-order valence-electron chi connectivity index (χ3n) is 5.43. The van der Waals surface area contributed by atoms with Gasteiger partial charge in [0.2, 0.25) is 5.96 Å². The standard InChI is InChI=1S/C25H23ClN6O2/c26-19-10-12-20(13-11-19)28-25(33)32-17-31(15-14-18-6-2-1-3-7-18)16-27-23(32)30-24-29-21-8-4-5-9-22(21)34-24/h1-13H,14-17H2,(H,28,33)(H,27,29,30). The SMILES string of the molecule is O=C(Nc1ccc(Cl)cc1)N1CN(CCc2ccccc2)CN=C1Nc1nc2ccccc2o1. The van der Waals surface area contributed by atoms with Crippen LogP contribution in [0, 0.1) is 0 Å². The second-order valence-electron chi connectivity index (χ2n) is 7.87. The molecule has 0 spiro atoms. The molecule has 9 heteroatoms. The highest BCUT2D eigenvalue weighted by Gasteiger charge is 2.27. The number of fused-ring (bicyclic) bond motifs is 1. The highest BCUT2D eigenvalue weighted by atomic mass is 35.5. The number of guanidine groups is 1. The fraction of sp³-hybridized carbons (Fsp3) is 0.160. The third-order valence-corrected chi connectivity index (χ3v) is 5.68. The lowest BCUT2D eigenvalue weighted by atomic mass is 10.1. The van der Waals surface area contributed by atoms with Crippen molar-refractivity contribution in [1.82, 2.24) is 14.8 Å². The Morgan fingerprint density at radius 2 is 1.76 bits per heavy atom. The van der Waals surface area contributed by atoms with E-state index in [1.54, 1.807) is 24.3 Å².